The number of allylic oxidation sites excluding steroid dienone is 1. The summed E-state index contributed by atoms with van der Waals surface area (Å²) in [6, 6.07) is 2.20. The second-order valence-corrected chi connectivity index (χ2v) is 7.24. The fourth-order valence-corrected chi connectivity index (χ4v) is 3.77. The van der Waals surface area contributed by atoms with Crippen molar-refractivity contribution in [1.29, 1.82) is 0 Å². The van der Waals surface area contributed by atoms with E-state index >= 15 is 0 Å². The number of piperazine rings is 1. The van der Waals surface area contributed by atoms with E-state index in [1.807, 2.05) is 7.05 Å². The van der Waals surface area contributed by atoms with Gasteiger partial charge in [0.25, 0.3) is 0 Å². The van der Waals surface area contributed by atoms with Gasteiger partial charge >= 0.3 is 6.18 Å². The zero-order chi connectivity index (χ0) is 17.3. The fraction of sp³-hybridized carbons (Fsp3) is 0.438. The van der Waals surface area contributed by atoms with Gasteiger partial charge in [0.1, 0.15) is 0 Å². The summed E-state index contributed by atoms with van der Waals surface area (Å²) in [7, 11) is 2.03. The third-order valence-corrected chi connectivity index (χ3v) is 5.18. The summed E-state index contributed by atoms with van der Waals surface area (Å²) in [5, 5.41) is 0.140. The largest absolute Gasteiger partial charge is 0.416 e. The van der Waals surface area contributed by atoms with Gasteiger partial charge in [0.2, 0.25) is 0 Å². The molecule has 1 aromatic carbocycles. The Kier molecular flexibility index (Phi) is 5.13. The van der Waals surface area contributed by atoms with Crippen molar-refractivity contribution in [3.05, 3.63) is 33.2 Å². The highest BCUT2D eigenvalue weighted by Crippen LogP contribution is 2.40. The summed E-state index contributed by atoms with van der Waals surface area (Å²) < 4.78 is 39.5. The Morgan fingerprint density at radius 2 is 1.92 bits per heavy atom. The molecule has 3 rings (SSSR count). The lowest BCUT2D eigenvalue weighted by Crippen LogP contribution is -2.44. The lowest BCUT2D eigenvalue weighted by atomic mass is 10.1. The number of halogens is 4. The zero-order valence-corrected chi connectivity index (χ0v) is 14.7. The number of benzene rings is 1. The highest BCUT2D eigenvalue weighted by molar-refractivity contribution is 8.04. The minimum Gasteiger partial charge on any atom is -0.367 e. The van der Waals surface area contributed by atoms with Crippen LogP contribution < -0.4 is 4.90 Å². The topological polar surface area (TPSA) is 18.8 Å². The van der Waals surface area contributed by atoms with Crippen LogP contribution in [0.5, 0.6) is 0 Å². The molecule has 1 fully saturated rings. The van der Waals surface area contributed by atoms with Gasteiger partial charge in [0.05, 0.1) is 22.2 Å². The lowest BCUT2D eigenvalue weighted by molar-refractivity contribution is -0.137. The van der Waals surface area contributed by atoms with E-state index in [0.717, 1.165) is 37.2 Å². The average molecular weight is 376 g/mol. The minimum atomic E-state index is -4.42. The molecule has 1 aromatic rings. The molecule has 24 heavy (non-hydrogen) atoms. The molecule has 0 unspecified atom stereocenters. The molecule has 2 heterocycles. The van der Waals surface area contributed by atoms with Crippen LogP contribution in [0.4, 0.5) is 18.9 Å². The summed E-state index contributed by atoms with van der Waals surface area (Å²) >= 11 is 7.77. The molecule has 8 heteroatoms. The molecular weight excluding hydrogens is 359 g/mol. The van der Waals surface area contributed by atoms with E-state index in [4.69, 9.17) is 11.6 Å². The molecule has 130 valence electrons. The van der Waals surface area contributed by atoms with Crippen LogP contribution in [-0.2, 0) is 6.18 Å². The molecule has 2 aliphatic heterocycles. The fourth-order valence-electron chi connectivity index (χ4n) is 2.77. The number of nitrogens with zero attached hydrogens (tertiary/aromatic N) is 3. The predicted molar refractivity (Wildman–Crippen MR) is 95.1 cm³/mol. The number of likely N-dealkylation sites (N-methyl/N-ethyl adjacent to an activating group) is 1. The van der Waals surface area contributed by atoms with Crippen molar-refractivity contribution in [2.24, 2.45) is 4.99 Å². The summed E-state index contributed by atoms with van der Waals surface area (Å²) in [5.74, 6) is 0.600. The standard InChI is InChI=1S/C16H17ClF3N3S/c1-22-2-4-23(5-3-22)15-11(7-13-9-21-10-24-13)6-12(8-14(15)17)16(18,19)20/h6-9H,2-5,10H2,1H3. The van der Waals surface area contributed by atoms with E-state index in [2.05, 4.69) is 14.8 Å². The van der Waals surface area contributed by atoms with E-state index in [-0.39, 0.29) is 5.02 Å². The highest BCUT2D eigenvalue weighted by atomic mass is 35.5. The van der Waals surface area contributed by atoms with Crippen LogP contribution in [0.25, 0.3) is 6.08 Å². The molecule has 0 bridgehead atoms. The van der Waals surface area contributed by atoms with Crippen LogP contribution in [0.15, 0.2) is 22.0 Å². The van der Waals surface area contributed by atoms with Gasteiger partial charge in [-0.1, -0.05) is 11.6 Å². The Morgan fingerprint density at radius 3 is 2.50 bits per heavy atom. The average Bonchev–Trinajstić information content (AvgIpc) is 3.00. The number of anilines is 1. The zero-order valence-electron chi connectivity index (χ0n) is 13.1. The Labute approximate surface area is 148 Å². The molecule has 0 amide bonds. The summed E-state index contributed by atoms with van der Waals surface area (Å²) in [4.78, 5) is 9.20. The molecule has 0 aromatic heterocycles. The Morgan fingerprint density at radius 1 is 1.21 bits per heavy atom. The van der Waals surface area contributed by atoms with Gasteiger partial charge in [0.15, 0.2) is 0 Å². The minimum absolute atomic E-state index is 0.140. The first kappa shape index (κ1) is 17.6. The quantitative estimate of drug-likeness (QED) is 0.771. The van der Waals surface area contributed by atoms with Crippen molar-refractivity contribution in [3.8, 4) is 0 Å². The number of rotatable bonds is 2. The van der Waals surface area contributed by atoms with Crippen molar-refractivity contribution in [2.75, 3.05) is 44.0 Å². The summed E-state index contributed by atoms with van der Waals surface area (Å²) in [6.45, 7) is 3.17. The first-order chi connectivity index (χ1) is 11.3. The van der Waals surface area contributed by atoms with Crippen LogP contribution in [0.1, 0.15) is 11.1 Å². The van der Waals surface area contributed by atoms with E-state index in [9.17, 15) is 13.2 Å². The van der Waals surface area contributed by atoms with Crippen molar-refractivity contribution < 1.29 is 13.2 Å². The second kappa shape index (κ2) is 6.98. The molecule has 2 aliphatic rings. The molecule has 0 radical (unpaired) electrons. The van der Waals surface area contributed by atoms with Crippen LogP contribution in [0.3, 0.4) is 0 Å². The molecule has 0 aliphatic carbocycles. The number of hydrogen-bond donors (Lipinski definition) is 0. The number of hydrogen-bond acceptors (Lipinski definition) is 4. The maximum atomic E-state index is 13.2. The second-order valence-electron chi connectivity index (χ2n) is 5.82. The van der Waals surface area contributed by atoms with E-state index in [1.54, 1.807) is 12.3 Å². The smallest absolute Gasteiger partial charge is 0.367 e. The normalized spacial score (nSPS) is 21.0. The van der Waals surface area contributed by atoms with Crippen molar-refractivity contribution in [2.45, 2.75) is 6.18 Å². The summed E-state index contributed by atoms with van der Waals surface area (Å²) in [5.41, 5.74) is 0.443. The Balaban J connectivity index is 2.05. The molecular formula is C16H17ClF3N3S. The van der Waals surface area contributed by atoms with Crippen molar-refractivity contribution in [3.63, 3.8) is 0 Å². The van der Waals surface area contributed by atoms with Gasteiger partial charge in [-0.3, -0.25) is 4.99 Å². The number of aliphatic imine (C=N–C) groups is 1. The first-order valence-electron chi connectivity index (χ1n) is 7.53. The van der Waals surface area contributed by atoms with Gasteiger partial charge in [-0.05, 0) is 25.3 Å². The van der Waals surface area contributed by atoms with Crippen molar-refractivity contribution in [1.82, 2.24) is 4.90 Å². The van der Waals surface area contributed by atoms with Gasteiger partial charge in [-0.2, -0.15) is 13.2 Å². The van der Waals surface area contributed by atoms with Crippen LogP contribution >= 0.6 is 23.4 Å². The number of alkyl halides is 3. The van der Waals surface area contributed by atoms with E-state index < -0.39 is 11.7 Å². The van der Waals surface area contributed by atoms with Crippen LogP contribution in [0.2, 0.25) is 5.02 Å². The molecule has 0 atom stereocenters. The molecule has 3 nitrogen and oxygen atoms in total. The first-order valence-corrected chi connectivity index (χ1v) is 8.89. The monoisotopic (exact) mass is 375 g/mol. The Hall–Kier alpha value is -1.18. The molecule has 0 N–H and O–H groups in total. The molecule has 0 saturated carbocycles. The summed E-state index contributed by atoms with van der Waals surface area (Å²) in [6.07, 6.45) is -0.989. The van der Waals surface area contributed by atoms with Gasteiger partial charge in [-0.25, -0.2) is 0 Å². The van der Waals surface area contributed by atoms with Crippen LogP contribution in [-0.4, -0.2) is 50.2 Å². The SMILES string of the molecule is CN1CCN(c2c(Cl)cc(C(F)(F)F)cc2C=C2C=NCS2)CC1. The molecule has 1 saturated heterocycles. The maximum Gasteiger partial charge on any atom is 0.416 e. The van der Waals surface area contributed by atoms with E-state index in [0.29, 0.717) is 17.1 Å². The maximum absolute atomic E-state index is 13.2. The Bertz CT molecular complexity index is 680. The van der Waals surface area contributed by atoms with Gasteiger partial charge in [-0.15, -0.1) is 11.8 Å². The third-order valence-electron chi connectivity index (χ3n) is 4.06. The third kappa shape index (κ3) is 3.90. The van der Waals surface area contributed by atoms with Crippen molar-refractivity contribution >= 4 is 41.3 Å². The van der Waals surface area contributed by atoms with E-state index in [1.165, 1.54) is 17.8 Å². The molecule has 0 spiro atoms. The van der Waals surface area contributed by atoms with Crippen LogP contribution in [0, 0.1) is 0 Å². The number of thioether (sulfide) groups is 1. The van der Waals surface area contributed by atoms with Gasteiger partial charge in [0, 0.05) is 42.9 Å². The predicted octanol–water partition coefficient (Wildman–Crippen LogP) is 4.23. The lowest BCUT2D eigenvalue weighted by Gasteiger charge is -2.35. The highest BCUT2D eigenvalue weighted by Gasteiger charge is 2.33. The van der Waals surface area contributed by atoms with Gasteiger partial charge < -0.3 is 9.80 Å².